The maximum Gasteiger partial charge on any atom is 0.475 e. The van der Waals surface area contributed by atoms with Crippen LogP contribution in [0.5, 0.6) is 5.75 Å². The maximum atomic E-state index is 12.4. The Hall–Kier alpha value is -2.84. The molecule has 142 valence electrons. The average Bonchev–Trinajstić information content (AvgIpc) is 2.68. The monoisotopic (exact) mass is 370 g/mol. The second-order valence-corrected chi connectivity index (χ2v) is 6.16. The van der Waals surface area contributed by atoms with E-state index in [4.69, 9.17) is 4.74 Å². The molecular formula is C19H23BN2O5. The molecule has 7 nitrogen and oxygen atoms in total. The van der Waals surface area contributed by atoms with Crippen LogP contribution in [0.15, 0.2) is 54.6 Å². The third-order valence-electron chi connectivity index (χ3n) is 4.13. The molecule has 0 aliphatic heterocycles. The number of anilines is 1. The molecule has 0 fully saturated rings. The number of carbonyl (C=O) groups is 2. The van der Waals surface area contributed by atoms with Gasteiger partial charge in [0.15, 0.2) is 0 Å². The van der Waals surface area contributed by atoms with Crippen LogP contribution in [0.2, 0.25) is 0 Å². The van der Waals surface area contributed by atoms with Gasteiger partial charge < -0.3 is 25.4 Å². The Morgan fingerprint density at radius 2 is 1.67 bits per heavy atom. The first-order chi connectivity index (χ1) is 12.9. The molecule has 4 N–H and O–H groups in total. The van der Waals surface area contributed by atoms with E-state index in [2.05, 4.69) is 10.6 Å². The van der Waals surface area contributed by atoms with E-state index in [1.54, 1.807) is 31.4 Å². The number of rotatable bonds is 8. The molecule has 27 heavy (non-hydrogen) atoms. The van der Waals surface area contributed by atoms with E-state index in [1.165, 1.54) is 6.92 Å². The summed E-state index contributed by atoms with van der Waals surface area (Å²) in [5, 5.41) is 24.3. The molecule has 0 aliphatic carbocycles. The molecular weight excluding hydrogens is 347 g/mol. The number of hydrogen-bond acceptors (Lipinski definition) is 5. The Kier molecular flexibility index (Phi) is 7.39. The molecule has 0 saturated heterocycles. The van der Waals surface area contributed by atoms with Crippen molar-refractivity contribution in [1.29, 1.82) is 0 Å². The van der Waals surface area contributed by atoms with Crippen molar-refractivity contribution in [2.75, 3.05) is 12.4 Å². The lowest BCUT2D eigenvalue weighted by Crippen LogP contribution is -2.50. The standard InChI is InChI=1S/C19H23BN2O5/c1-13(18(23)21-15-8-10-16(27-2)11-9-15)19(24)22-17(20(25)26)12-14-6-4-3-5-7-14/h3-11,13,17,25-26H,12H2,1-2H3,(H,21,23)(H,22,24)/t13?,17-/m0/s1. The van der Waals surface area contributed by atoms with Crippen LogP contribution in [0.4, 0.5) is 5.69 Å². The van der Waals surface area contributed by atoms with Crippen molar-refractivity contribution >= 4 is 24.6 Å². The molecule has 1 unspecified atom stereocenters. The van der Waals surface area contributed by atoms with Gasteiger partial charge in [0.1, 0.15) is 11.7 Å². The topological polar surface area (TPSA) is 108 Å². The fourth-order valence-corrected chi connectivity index (χ4v) is 2.45. The van der Waals surface area contributed by atoms with Crippen LogP contribution in [0.1, 0.15) is 12.5 Å². The van der Waals surface area contributed by atoms with E-state index in [-0.39, 0.29) is 6.42 Å². The largest absolute Gasteiger partial charge is 0.497 e. The van der Waals surface area contributed by atoms with Crippen LogP contribution in [-0.2, 0) is 16.0 Å². The first-order valence-electron chi connectivity index (χ1n) is 8.56. The first kappa shape index (κ1) is 20.5. The van der Waals surface area contributed by atoms with Crippen molar-refractivity contribution < 1.29 is 24.4 Å². The molecule has 2 aromatic carbocycles. The predicted octanol–water partition coefficient (Wildman–Crippen LogP) is 1.01. The molecule has 0 saturated carbocycles. The number of benzene rings is 2. The number of amides is 2. The van der Waals surface area contributed by atoms with Gasteiger partial charge in [-0.05, 0) is 43.2 Å². The lowest BCUT2D eigenvalue weighted by Gasteiger charge is -2.20. The van der Waals surface area contributed by atoms with Crippen molar-refractivity contribution in [3.05, 3.63) is 60.2 Å². The molecule has 2 aromatic rings. The summed E-state index contributed by atoms with van der Waals surface area (Å²) in [6, 6.07) is 15.8. The zero-order valence-corrected chi connectivity index (χ0v) is 15.3. The van der Waals surface area contributed by atoms with Crippen LogP contribution >= 0.6 is 0 Å². The Morgan fingerprint density at radius 1 is 1.04 bits per heavy atom. The molecule has 0 heterocycles. The van der Waals surface area contributed by atoms with Crippen molar-refractivity contribution in [2.24, 2.45) is 5.92 Å². The quantitative estimate of drug-likeness (QED) is 0.410. The summed E-state index contributed by atoms with van der Waals surface area (Å²) < 4.78 is 5.05. The summed E-state index contributed by atoms with van der Waals surface area (Å²) in [6.45, 7) is 1.46. The molecule has 0 bridgehead atoms. The van der Waals surface area contributed by atoms with E-state index < -0.39 is 30.8 Å². The van der Waals surface area contributed by atoms with Crippen LogP contribution in [0.25, 0.3) is 0 Å². The van der Waals surface area contributed by atoms with Crippen LogP contribution in [0.3, 0.4) is 0 Å². The van der Waals surface area contributed by atoms with Gasteiger partial charge in [-0.25, -0.2) is 0 Å². The van der Waals surface area contributed by atoms with E-state index in [0.29, 0.717) is 11.4 Å². The maximum absolute atomic E-state index is 12.4. The molecule has 0 aromatic heterocycles. The van der Waals surface area contributed by atoms with Gasteiger partial charge in [0.25, 0.3) is 0 Å². The van der Waals surface area contributed by atoms with E-state index in [1.807, 2.05) is 30.3 Å². The summed E-state index contributed by atoms with van der Waals surface area (Å²) in [5.74, 6) is -2.36. The van der Waals surface area contributed by atoms with Gasteiger partial charge in [0.05, 0.1) is 13.1 Å². The van der Waals surface area contributed by atoms with Gasteiger partial charge in [0.2, 0.25) is 11.8 Å². The zero-order valence-electron chi connectivity index (χ0n) is 15.3. The fraction of sp³-hybridized carbons (Fsp3) is 0.263. The van der Waals surface area contributed by atoms with Gasteiger partial charge in [-0.15, -0.1) is 0 Å². The van der Waals surface area contributed by atoms with Crippen molar-refractivity contribution in [3.63, 3.8) is 0 Å². The lowest BCUT2D eigenvalue weighted by atomic mass is 9.75. The fourth-order valence-electron chi connectivity index (χ4n) is 2.45. The highest BCUT2D eigenvalue weighted by Crippen LogP contribution is 2.16. The Labute approximate surface area is 158 Å². The van der Waals surface area contributed by atoms with Crippen molar-refractivity contribution in [2.45, 2.75) is 19.3 Å². The number of ether oxygens (including phenoxy) is 1. The molecule has 2 amide bonds. The number of methoxy groups -OCH3 is 1. The van der Waals surface area contributed by atoms with Crippen LogP contribution < -0.4 is 15.4 Å². The summed E-state index contributed by atoms with van der Waals surface area (Å²) in [7, 11) is -0.201. The summed E-state index contributed by atoms with van der Waals surface area (Å²) in [6.07, 6.45) is 0.233. The number of nitrogens with one attached hydrogen (secondary N) is 2. The Bertz CT molecular complexity index is 752. The smallest absolute Gasteiger partial charge is 0.475 e. The van der Waals surface area contributed by atoms with E-state index >= 15 is 0 Å². The predicted molar refractivity (Wildman–Crippen MR) is 103 cm³/mol. The lowest BCUT2D eigenvalue weighted by molar-refractivity contribution is -0.132. The number of carbonyl (C=O) groups excluding carboxylic acids is 2. The third-order valence-corrected chi connectivity index (χ3v) is 4.13. The second-order valence-electron chi connectivity index (χ2n) is 6.16. The average molecular weight is 370 g/mol. The summed E-state index contributed by atoms with van der Waals surface area (Å²) in [4.78, 5) is 24.7. The highest BCUT2D eigenvalue weighted by atomic mass is 16.5. The molecule has 8 heteroatoms. The van der Waals surface area contributed by atoms with Gasteiger partial charge in [0, 0.05) is 5.69 Å². The molecule has 2 rings (SSSR count). The number of hydrogen-bond donors (Lipinski definition) is 4. The second kappa shape index (κ2) is 9.75. The van der Waals surface area contributed by atoms with Gasteiger partial charge in [-0.3, -0.25) is 9.59 Å². The summed E-state index contributed by atoms with van der Waals surface area (Å²) in [5.41, 5.74) is 1.37. The minimum atomic E-state index is -1.74. The van der Waals surface area contributed by atoms with Crippen LogP contribution in [-0.4, -0.2) is 42.0 Å². The molecule has 0 radical (unpaired) electrons. The normalized spacial score (nSPS) is 12.6. The van der Waals surface area contributed by atoms with Crippen LogP contribution in [0, 0.1) is 5.92 Å². The van der Waals surface area contributed by atoms with Crippen molar-refractivity contribution in [3.8, 4) is 5.75 Å². The van der Waals surface area contributed by atoms with E-state index in [0.717, 1.165) is 5.56 Å². The van der Waals surface area contributed by atoms with Gasteiger partial charge in [-0.2, -0.15) is 0 Å². The highest BCUT2D eigenvalue weighted by Gasteiger charge is 2.29. The van der Waals surface area contributed by atoms with Gasteiger partial charge >= 0.3 is 7.12 Å². The van der Waals surface area contributed by atoms with Gasteiger partial charge in [-0.1, -0.05) is 30.3 Å². The molecule has 0 spiro atoms. The van der Waals surface area contributed by atoms with E-state index in [9.17, 15) is 19.6 Å². The third kappa shape index (κ3) is 6.12. The Morgan fingerprint density at radius 3 is 2.22 bits per heavy atom. The highest BCUT2D eigenvalue weighted by molar-refractivity contribution is 6.43. The minimum Gasteiger partial charge on any atom is -0.497 e. The SMILES string of the molecule is COc1ccc(NC(=O)C(C)C(=O)N[C@@H](Cc2ccccc2)B(O)O)cc1. The molecule has 0 aliphatic rings. The summed E-state index contributed by atoms with van der Waals surface area (Å²) >= 11 is 0. The first-order valence-corrected chi connectivity index (χ1v) is 8.56. The van der Waals surface area contributed by atoms with Crippen molar-refractivity contribution in [1.82, 2.24) is 5.32 Å². The zero-order chi connectivity index (χ0) is 19.8. The minimum absolute atomic E-state index is 0.233. The molecule has 2 atom stereocenters. The Balaban J connectivity index is 1.95.